The first kappa shape index (κ1) is 7.54. The zero-order valence-electron chi connectivity index (χ0n) is 6.18. The molecular weight excluding hydrogens is 98.1 g/mol. The van der Waals surface area contributed by atoms with Gasteiger partial charge in [0.25, 0.3) is 0 Å². The Labute approximate surface area is 52.0 Å². The van der Waals surface area contributed by atoms with Crippen molar-refractivity contribution in [2.75, 3.05) is 7.05 Å². The van der Waals surface area contributed by atoms with E-state index < -0.39 is 0 Å². The van der Waals surface area contributed by atoms with Gasteiger partial charge < -0.3 is 4.90 Å². The van der Waals surface area contributed by atoms with Crippen LogP contribution in [0.1, 0.15) is 20.8 Å². The van der Waals surface area contributed by atoms with Gasteiger partial charge in [0.05, 0.1) is 0 Å². The smallest absolute Gasteiger partial charge is 0.0224 e. The molecule has 0 amide bonds. The van der Waals surface area contributed by atoms with Crippen LogP contribution < -0.4 is 0 Å². The van der Waals surface area contributed by atoms with Crippen molar-refractivity contribution in [1.82, 2.24) is 4.90 Å². The summed E-state index contributed by atoms with van der Waals surface area (Å²) in [5, 5.41) is 0. The quantitative estimate of drug-likeness (QED) is 0.528. The summed E-state index contributed by atoms with van der Waals surface area (Å²) in [6.07, 6.45) is 4.12. The number of allylic oxidation sites excluding steroid dienone is 1. The minimum Gasteiger partial charge on any atom is -0.378 e. The van der Waals surface area contributed by atoms with E-state index in [2.05, 4.69) is 32.0 Å². The van der Waals surface area contributed by atoms with Crippen LogP contribution in [-0.4, -0.2) is 18.0 Å². The van der Waals surface area contributed by atoms with Crippen LogP contribution in [0.4, 0.5) is 0 Å². The van der Waals surface area contributed by atoms with Gasteiger partial charge in [-0.2, -0.15) is 0 Å². The molecule has 48 valence electrons. The van der Waals surface area contributed by atoms with E-state index in [0.717, 1.165) is 0 Å². The van der Waals surface area contributed by atoms with Crippen molar-refractivity contribution in [2.24, 2.45) is 0 Å². The van der Waals surface area contributed by atoms with Crippen LogP contribution in [0.3, 0.4) is 0 Å². The number of rotatable bonds is 2. The summed E-state index contributed by atoms with van der Waals surface area (Å²) in [6, 6.07) is 0.617. The maximum Gasteiger partial charge on any atom is 0.0224 e. The first-order valence-electron chi connectivity index (χ1n) is 3.03. The molecule has 1 heteroatoms. The molecule has 0 bridgehead atoms. The lowest BCUT2D eigenvalue weighted by Crippen LogP contribution is -2.19. The van der Waals surface area contributed by atoms with Gasteiger partial charge in [-0.25, -0.2) is 0 Å². The molecule has 0 saturated carbocycles. The molecule has 0 aromatic carbocycles. The van der Waals surface area contributed by atoms with Crippen LogP contribution in [-0.2, 0) is 0 Å². The molecule has 0 heterocycles. The van der Waals surface area contributed by atoms with Gasteiger partial charge in [0, 0.05) is 13.1 Å². The Morgan fingerprint density at radius 3 is 2.00 bits per heavy atom. The van der Waals surface area contributed by atoms with Crippen molar-refractivity contribution in [2.45, 2.75) is 26.8 Å². The highest BCUT2D eigenvalue weighted by atomic mass is 15.1. The molecule has 0 spiro atoms. The molecule has 1 nitrogen and oxygen atoms in total. The fourth-order valence-corrected chi connectivity index (χ4v) is 0.407. The summed E-state index contributed by atoms with van der Waals surface area (Å²) in [6.45, 7) is 6.36. The lowest BCUT2D eigenvalue weighted by molar-refractivity contribution is 0.375. The maximum absolute atomic E-state index is 2.17. The topological polar surface area (TPSA) is 3.24 Å². The summed E-state index contributed by atoms with van der Waals surface area (Å²) in [5.41, 5.74) is 0. The maximum atomic E-state index is 2.17. The van der Waals surface area contributed by atoms with Crippen molar-refractivity contribution in [3.05, 3.63) is 12.3 Å². The van der Waals surface area contributed by atoms with Gasteiger partial charge in [-0.15, -0.1) is 0 Å². The molecule has 0 unspecified atom stereocenters. The monoisotopic (exact) mass is 113 g/mol. The van der Waals surface area contributed by atoms with Gasteiger partial charge in [0.1, 0.15) is 0 Å². The number of hydrogen-bond donors (Lipinski definition) is 0. The summed E-state index contributed by atoms with van der Waals surface area (Å²) in [7, 11) is 2.07. The first-order chi connectivity index (χ1) is 3.68. The normalized spacial score (nSPS) is 11.1. The van der Waals surface area contributed by atoms with Gasteiger partial charge in [-0.05, 0) is 27.0 Å². The Morgan fingerprint density at radius 1 is 1.38 bits per heavy atom. The molecule has 0 aliphatic heterocycles. The van der Waals surface area contributed by atoms with Crippen LogP contribution in [0, 0.1) is 0 Å². The minimum absolute atomic E-state index is 0.617. The molecule has 0 rings (SSSR count). The fraction of sp³-hybridized carbons (Fsp3) is 0.714. The van der Waals surface area contributed by atoms with Crippen molar-refractivity contribution >= 4 is 0 Å². The zero-order valence-corrected chi connectivity index (χ0v) is 6.18. The van der Waals surface area contributed by atoms with Crippen molar-refractivity contribution in [3.8, 4) is 0 Å². The summed E-state index contributed by atoms with van der Waals surface area (Å²) in [4.78, 5) is 2.17. The van der Waals surface area contributed by atoms with E-state index in [4.69, 9.17) is 0 Å². The van der Waals surface area contributed by atoms with Crippen LogP contribution in [0.2, 0.25) is 0 Å². The van der Waals surface area contributed by atoms with Crippen molar-refractivity contribution in [3.63, 3.8) is 0 Å². The third-order valence-electron chi connectivity index (χ3n) is 1.20. The third-order valence-corrected chi connectivity index (χ3v) is 1.20. The Bertz CT molecular complexity index is 74.5. The lowest BCUT2D eigenvalue weighted by Gasteiger charge is -2.17. The van der Waals surface area contributed by atoms with Gasteiger partial charge >= 0.3 is 0 Å². The average Bonchev–Trinajstić information content (AvgIpc) is 1.67. The molecule has 0 N–H and O–H groups in total. The molecule has 0 fully saturated rings. The highest BCUT2D eigenvalue weighted by Crippen LogP contribution is 1.92. The molecule has 0 aromatic rings. The molecular formula is C7H15N. The van der Waals surface area contributed by atoms with E-state index in [1.54, 1.807) is 0 Å². The van der Waals surface area contributed by atoms with Crippen LogP contribution in [0.25, 0.3) is 0 Å². The molecule has 0 saturated heterocycles. The molecule has 8 heavy (non-hydrogen) atoms. The summed E-state index contributed by atoms with van der Waals surface area (Å²) >= 11 is 0. The molecule has 0 radical (unpaired) electrons. The van der Waals surface area contributed by atoms with E-state index in [9.17, 15) is 0 Å². The van der Waals surface area contributed by atoms with Gasteiger partial charge in [0.15, 0.2) is 0 Å². The Kier molecular flexibility index (Phi) is 3.33. The van der Waals surface area contributed by atoms with E-state index >= 15 is 0 Å². The molecule has 0 atom stereocenters. The van der Waals surface area contributed by atoms with E-state index in [1.807, 2.05) is 13.0 Å². The second-order valence-electron chi connectivity index (χ2n) is 2.24. The SMILES string of the molecule is CC=CN(C)C(C)C. The van der Waals surface area contributed by atoms with E-state index in [0.29, 0.717) is 6.04 Å². The average molecular weight is 113 g/mol. The Hall–Kier alpha value is -0.460. The second kappa shape index (κ2) is 3.53. The molecule has 0 aliphatic carbocycles. The standard InChI is InChI=1S/C7H15N/c1-5-6-8(4)7(2)3/h5-7H,1-4H3. The van der Waals surface area contributed by atoms with Crippen molar-refractivity contribution < 1.29 is 0 Å². The van der Waals surface area contributed by atoms with Crippen LogP contribution >= 0.6 is 0 Å². The predicted molar refractivity (Wildman–Crippen MR) is 37.7 cm³/mol. The molecule has 0 aromatic heterocycles. The van der Waals surface area contributed by atoms with Crippen LogP contribution in [0.15, 0.2) is 12.3 Å². The van der Waals surface area contributed by atoms with E-state index in [1.165, 1.54) is 0 Å². The number of hydrogen-bond acceptors (Lipinski definition) is 1. The third kappa shape index (κ3) is 2.67. The second-order valence-corrected chi connectivity index (χ2v) is 2.24. The summed E-state index contributed by atoms with van der Waals surface area (Å²) in [5.74, 6) is 0. The highest BCUT2D eigenvalue weighted by Gasteiger charge is 1.92. The predicted octanol–water partition coefficient (Wildman–Crippen LogP) is 1.86. The Balaban J connectivity index is 3.47. The number of nitrogens with zero attached hydrogens (tertiary/aromatic N) is 1. The van der Waals surface area contributed by atoms with E-state index in [-0.39, 0.29) is 0 Å². The molecule has 0 aliphatic rings. The van der Waals surface area contributed by atoms with Gasteiger partial charge in [-0.1, -0.05) is 6.08 Å². The van der Waals surface area contributed by atoms with Crippen molar-refractivity contribution in [1.29, 1.82) is 0 Å². The largest absolute Gasteiger partial charge is 0.378 e. The minimum atomic E-state index is 0.617. The highest BCUT2D eigenvalue weighted by molar-refractivity contribution is 4.77. The van der Waals surface area contributed by atoms with Gasteiger partial charge in [0.2, 0.25) is 0 Å². The first-order valence-corrected chi connectivity index (χ1v) is 3.03. The van der Waals surface area contributed by atoms with Crippen LogP contribution in [0.5, 0.6) is 0 Å². The van der Waals surface area contributed by atoms with Gasteiger partial charge in [-0.3, -0.25) is 0 Å². The summed E-state index contributed by atoms with van der Waals surface area (Å²) < 4.78 is 0. The fourth-order valence-electron chi connectivity index (χ4n) is 0.407. The lowest BCUT2D eigenvalue weighted by atomic mass is 10.4. The zero-order chi connectivity index (χ0) is 6.57. The Morgan fingerprint density at radius 2 is 1.88 bits per heavy atom.